The number of nitrogens with zero attached hydrogens (tertiary/aromatic N) is 2. The Balaban J connectivity index is 1.80. The van der Waals surface area contributed by atoms with Crippen LogP contribution in [0, 0.1) is 6.92 Å². The van der Waals surface area contributed by atoms with Crippen LogP contribution in [0.4, 0.5) is 17.3 Å². The molecule has 3 rings (SSSR count). The van der Waals surface area contributed by atoms with Crippen LogP contribution in [-0.4, -0.2) is 23.0 Å². The molecule has 0 unspecified atom stereocenters. The zero-order valence-corrected chi connectivity index (χ0v) is 14.0. The van der Waals surface area contributed by atoms with Crippen molar-refractivity contribution in [1.82, 2.24) is 9.97 Å². The third-order valence-electron chi connectivity index (χ3n) is 3.52. The van der Waals surface area contributed by atoms with Gasteiger partial charge < -0.3 is 15.4 Å². The Bertz CT molecular complexity index is 882. The van der Waals surface area contributed by atoms with E-state index in [-0.39, 0.29) is 11.6 Å². The van der Waals surface area contributed by atoms with Crippen LogP contribution in [0.25, 0.3) is 0 Å². The molecule has 0 radical (unpaired) electrons. The first kappa shape index (κ1) is 16.4. The van der Waals surface area contributed by atoms with Crippen molar-refractivity contribution < 1.29 is 9.53 Å². The predicted molar refractivity (Wildman–Crippen MR) is 97.4 cm³/mol. The molecule has 25 heavy (non-hydrogen) atoms. The molecule has 2 N–H and O–H groups in total. The normalized spacial score (nSPS) is 10.2. The van der Waals surface area contributed by atoms with E-state index in [4.69, 9.17) is 4.74 Å². The first-order chi connectivity index (χ1) is 12.2. The predicted octanol–water partition coefficient (Wildman–Crippen LogP) is 3.79. The molecule has 1 heterocycles. The van der Waals surface area contributed by atoms with Gasteiger partial charge in [0.15, 0.2) is 0 Å². The van der Waals surface area contributed by atoms with Gasteiger partial charge in [-0.15, -0.1) is 0 Å². The largest absolute Gasteiger partial charge is 0.495 e. The molecule has 6 nitrogen and oxygen atoms in total. The number of para-hydroxylation sites is 1. The summed E-state index contributed by atoms with van der Waals surface area (Å²) in [7, 11) is 1.60. The summed E-state index contributed by atoms with van der Waals surface area (Å²) in [4.78, 5) is 20.8. The molecule has 1 aromatic heterocycles. The van der Waals surface area contributed by atoms with Crippen LogP contribution in [0.5, 0.6) is 5.75 Å². The molecule has 0 bridgehead atoms. The van der Waals surface area contributed by atoms with Crippen molar-refractivity contribution in [3.05, 3.63) is 72.1 Å². The van der Waals surface area contributed by atoms with Gasteiger partial charge in [0, 0.05) is 11.9 Å². The van der Waals surface area contributed by atoms with Crippen molar-refractivity contribution in [2.45, 2.75) is 6.92 Å². The Labute approximate surface area is 145 Å². The van der Waals surface area contributed by atoms with E-state index >= 15 is 0 Å². The smallest absolute Gasteiger partial charge is 0.274 e. The van der Waals surface area contributed by atoms with Crippen molar-refractivity contribution in [2.24, 2.45) is 0 Å². The standard InChI is InChI=1S/C19H18N4O2/c1-13-8-9-17(25-2)16(12-13)23-19-20-11-10-15(22-19)18(24)21-14-6-4-3-5-7-14/h3-12H,1-2H3,(H,21,24)(H,20,22,23). The van der Waals surface area contributed by atoms with Crippen molar-refractivity contribution in [2.75, 3.05) is 17.7 Å². The Kier molecular flexibility index (Phi) is 4.89. The average Bonchev–Trinajstić information content (AvgIpc) is 2.63. The van der Waals surface area contributed by atoms with Crippen LogP contribution < -0.4 is 15.4 Å². The third kappa shape index (κ3) is 4.11. The summed E-state index contributed by atoms with van der Waals surface area (Å²) < 4.78 is 5.33. The maximum atomic E-state index is 12.3. The molecule has 0 spiro atoms. The van der Waals surface area contributed by atoms with Crippen LogP contribution in [0.15, 0.2) is 60.8 Å². The van der Waals surface area contributed by atoms with Crippen LogP contribution in [0.2, 0.25) is 0 Å². The fraction of sp³-hybridized carbons (Fsp3) is 0.105. The van der Waals surface area contributed by atoms with E-state index in [9.17, 15) is 4.79 Å². The van der Waals surface area contributed by atoms with Crippen LogP contribution in [0.3, 0.4) is 0 Å². The molecule has 6 heteroatoms. The van der Waals surface area contributed by atoms with Crippen molar-refractivity contribution in [3.8, 4) is 5.75 Å². The molecule has 0 saturated heterocycles. The van der Waals surface area contributed by atoms with E-state index in [1.54, 1.807) is 13.2 Å². The molecule has 126 valence electrons. The van der Waals surface area contributed by atoms with Gasteiger partial charge in [-0.05, 0) is 42.8 Å². The van der Waals surface area contributed by atoms with Gasteiger partial charge in [0.05, 0.1) is 12.8 Å². The highest BCUT2D eigenvalue weighted by Crippen LogP contribution is 2.27. The number of hydrogen-bond donors (Lipinski definition) is 2. The highest BCUT2D eigenvalue weighted by Gasteiger charge is 2.11. The Morgan fingerprint density at radius 2 is 1.88 bits per heavy atom. The number of aromatic nitrogens is 2. The first-order valence-electron chi connectivity index (χ1n) is 7.77. The van der Waals surface area contributed by atoms with E-state index in [0.29, 0.717) is 17.4 Å². The minimum Gasteiger partial charge on any atom is -0.495 e. The van der Waals surface area contributed by atoms with Crippen molar-refractivity contribution >= 4 is 23.2 Å². The van der Waals surface area contributed by atoms with Crippen LogP contribution in [-0.2, 0) is 0 Å². The van der Waals surface area contributed by atoms with Crippen molar-refractivity contribution in [3.63, 3.8) is 0 Å². The second-order valence-electron chi connectivity index (χ2n) is 5.41. The van der Waals surface area contributed by atoms with Gasteiger partial charge in [-0.1, -0.05) is 24.3 Å². The molecule has 0 atom stereocenters. The van der Waals surface area contributed by atoms with Crippen LogP contribution >= 0.6 is 0 Å². The Hall–Kier alpha value is -3.41. The number of benzene rings is 2. The molecule has 0 aliphatic heterocycles. The molecule has 0 fully saturated rings. The number of carbonyl (C=O) groups excluding carboxylic acids is 1. The number of nitrogens with one attached hydrogen (secondary N) is 2. The number of ether oxygens (including phenoxy) is 1. The number of methoxy groups -OCH3 is 1. The summed E-state index contributed by atoms with van der Waals surface area (Å²) in [6.07, 6.45) is 1.54. The molecule has 1 amide bonds. The van der Waals surface area contributed by atoms with E-state index in [1.807, 2.05) is 55.5 Å². The average molecular weight is 334 g/mol. The molecule has 0 aliphatic rings. The molecule has 3 aromatic rings. The molecule has 2 aromatic carbocycles. The molecule has 0 aliphatic carbocycles. The van der Waals surface area contributed by atoms with Gasteiger partial charge in [-0.2, -0.15) is 0 Å². The fourth-order valence-electron chi connectivity index (χ4n) is 2.30. The highest BCUT2D eigenvalue weighted by molar-refractivity contribution is 6.02. The second kappa shape index (κ2) is 7.44. The summed E-state index contributed by atoms with van der Waals surface area (Å²) in [5, 5.41) is 5.90. The van der Waals surface area contributed by atoms with E-state index in [0.717, 1.165) is 11.3 Å². The number of aryl methyl sites for hydroxylation is 1. The van der Waals surface area contributed by atoms with Crippen LogP contribution in [0.1, 0.15) is 16.1 Å². The fourth-order valence-corrected chi connectivity index (χ4v) is 2.30. The summed E-state index contributed by atoms with van der Waals surface area (Å²) in [6.45, 7) is 1.98. The van der Waals surface area contributed by atoms with E-state index in [1.165, 1.54) is 6.20 Å². The summed E-state index contributed by atoms with van der Waals surface area (Å²) in [6, 6.07) is 16.5. The lowest BCUT2D eigenvalue weighted by Gasteiger charge is -2.11. The second-order valence-corrected chi connectivity index (χ2v) is 5.41. The number of anilines is 3. The lowest BCUT2D eigenvalue weighted by Crippen LogP contribution is -2.14. The maximum Gasteiger partial charge on any atom is 0.274 e. The van der Waals surface area contributed by atoms with E-state index in [2.05, 4.69) is 20.6 Å². The number of carbonyl (C=O) groups is 1. The third-order valence-corrected chi connectivity index (χ3v) is 3.52. The minimum atomic E-state index is -0.298. The van der Waals surface area contributed by atoms with E-state index < -0.39 is 0 Å². The molecular weight excluding hydrogens is 316 g/mol. The summed E-state index contributed by atoms with van der Waals surface area (Å²) >= 11 is 0. The summed E-state index contributed by atoms with van der Waals surface area (Å²) in [5.41, 5.74) is 2.79. The first-order valence-corrected chi connectivity index (χ1v) is 7.77. The molecule has 0 saturated carbocycles. The Morgan fingerprint density at radius 3 is 2.64 bits per heavy atom. The zero-order chi connectivity index (χ0) is 17.6. The number of rotatable bonds is 5. The van der Waals surface area contributed by atoms with Gasteiger partial charge in [0.25, 0.3) is 5.91 Å². The SMILES string of the molecule is COc1ccc(C)cc1Nc1nccc(C(=O)Nc2ccccc2)n1. The monoisotopic (exact) mass is 334 g/mol. The van der Waals surface area contributed by atoms with Gasteiger partial charge in [0.2, 0.25) is 5.95 Å². The van der Waals surface area contributed by atoms with Gasteiger partial charge in [0.1, 0.15) is 11.4 Å². The number of amides is 1. The van der Waals surface area contributed by atoms with Gasteiger partial charge in [-0.3, -0.25) is 4.79 Å². The maximum absolute atomic E-state index is 12.3. The number of hydrogen-bond acceptors (Lipinski definition) is 5. The highest BCUT2D eigenvalue weighted by atomic mass is 16.5. The lowest BCUT2D eigenvalue weighted by molar-refractivity contribution is 0.102. The Morgan fingerprint density at radius 1 is 1.08 bits per heavy atom. The van der Waals surface area contributed by atoms with Gasteiger partial charge in [-0.25, -0.2) is 9.97 Å². The van der Waals surface area contributed by atoms with Gasteiger partial charge >= 0.3 is 0 Å². The summed E-state index contributed by atoms with van der Waals surface area (Å²) in [5.74, 6) is 0.700. The zero-order valence-electron chi connectivity index (χ0n) is 14.0. The minimum absolute atomic E-state index is 0.271. The lowest BCUT2D eigenvalue weighted by atomic mass is 10.2. The van der Waals surface area contributed by atoms with Crippen molar-refractivity contribution in [1.29, 1.82) is 0 Å². The topological polar surface area (TPSA) is 76.1 Å². The molecular formula is C19H18N4O2. The quantitative estimate of drug-likeness (QED) is 0.742.